The molecule has 0 aliphatic rings. The lowest BCUT2D eigenvalue weighted by Crippen LogP contribution is -2.38. The van der Waals surface area contributed by atoms with Gasteiger partial charge in [0.25, 0.3) is 0 Å². The van der Waals surface area contributed by atoms with Crippen LogP contribution in [0.25, 0.3) is 0 Å². The molecule has 2 aromatic rings. The van der Waals surface area contributed by atoms with Crippen LogP contribution in [-0.2, 0) is 30.2 Å². The van der Waals surface area contributed by atoms with Gasteiger partial charge in [0.1, 0.15) is 0 Å². The molecule has 2 rings (SSSR count). The van der Waals surface area contributed by atoms with Crippen molar-refractivity contribution in [2.24, 2.45) is 12.0 Å². The topological polar surface area (TPSA) is 69.9 Å². The van der Waals surface area contributed by atoms with E-state index < -0.39 is 10.0 Å². The number of nitrogens with one attached hydrogen (secondary N) is 1. The number of guanidine groups is 1. The summed E-state index contributed by atoms with van der Waals surface area (Å²) in [5.74, 6) is 0.734. The minimum absolute atomic E-state index is 0. The van der Waals surface area contributed by atoms with E-state index in [2.05, 4.69) is 10.3 Å². The third kappa shape index (κ3) is 6.10. The Labute approximate surface area is 189 Å². The number of hydrogen-bond donors (Lipinski definition) is 1. The zero-order valence-electron chi connectivity index (χ0n) is 16.7. The summed E-state index contributed by atoms with van der Waals surface area (Å²) < 4.78 is 27.4. The van der Waals surface area contributed by atoms with E-state index in [0.29, 0.717) is 18.1 Å². The predicted octanol–water partition coefficient (Wildman–Crippen LogP) is 2.75. The Kier molecular flexibility index (Phi) is 9.25. The monoisotopic (exact) mass is 539 g/mol. The molecule has 1 heterocycles. The lowest BCUT2D eigenvalue weighted by atomic mass is 10.2. The van der Waals surface area contributed by atoms with Crippen molar-refractivity contribution in [3.05, 3.63) is 52.8 Å². The van der Waals surface area contributed by atoms with E-state index in [0.717, 1.165) is 17.2 Å². The van der Waals surface area contributed by atoms with Gasteiger partial charge in [-0.2, -0.15) is 0 Å². The summed E-state index contributed by atoms with van der Waals surface area (Å²) in [6.45, 7) is 1.19. The van der Waals surface area contributed by atoms with Gasteiger partial charge < -0.3 is 14.8 Å². The Bertz CT molecular complexity index is 911. The minimum atomic E-state index is -3.41. The number of hydrogen-bond acceptors (Lipinski definition) is 3. The standard InChI is InChI=1S/C18H26ClN5O2S.HI/c1-20-18(24(5)13-16-10-15(19)12-23(16)4)21-11-14-6-8-17(9-7-14)27(25,26)22(2)3;/h6-10,12H,11,13H2,1-5H3,(H,20,21);1H. The highest BCUT2D eigenvalue weighted by molar-refractivity contribution is 14.0. The highest BCUT2D eigenvalue weighted by Gasteiger charge is 2.16. The number of aliphatic imine (C=N–C) groups is 1. The summed E-state index contributed by atoms with van der Waals surface area (Å²) in [5, 5.41) is 3.99. The highest BCUT2D eigenvalue weighted by atomic mass is 127. The van der Waals surface area contributed by atoms with Crippen molar-refractivity contribution in [1.29, 1.82) is 0 Å². The first-order valence-corrected chi connectivity index (χ1v) is 10.2. The van der Waals surface area contributed by atoms with Gasteiger partial charge in [-0.05, 0) is 23.8 Å². The van der Waals surface area contributed by atoms with Crippen molar-refractivity contribution in [2.45, 2.75) is 18.0 Å². The average molecular weight is 540 g/mol. The zero-order valence-corrected chi connectivity index (χ0v) is 20.6. The quantitative estimate of drug-likeness (QED) is 0.348. The van der Waals surface area contributed by atoms with Crippen molar-refractivity contribution in [3.8, 4) is 0 Å². The van der Waals surface area contributed by atoms with Crippen LogP contribution in [-0.4, -0.2) is 56.3 Å². The molecule has 10 heteroatoms. The molecule has 0 unspecified atom stereocenters. The van der Waals surface area contributed by atoms with Gasteiger partial charge in [0, 0.05) is 53.7 Å². The molecular formula is C18H27ClIN5O2S. The molecule has 1 N–H and O–H groups in total. The third-order valence-corrected chi connectivity index (χ3v) is 6.24. The van der Waals surface area contributed by atoms with Crippen molar-refractivity contribution in [2.75, 3.05) is 28.2 Å². The molecule has 0 fully saturated rings. The van der Waals surface area contributed by atoms with Gasteiger partial charge in [-0.15, -0.1) is 24.0 Å². The molecule has 0 saturated heterocycles. The van der Waals surface area contributed by atoms with E-state index in [9.17, 15) is 8.42 Å². The molecule has 0 saturated carbocycles. The number of nitrogens with zero attached hydrogens (tertiary/aromatic N) is 4. The fourth-order valence-corrected chi connectivity index (χ4v) is 3.77. The van der Waals surface area contributed by atoms with Crippen LogP contribution in [0.5, 0.6) is 0 Å². The normalized spacial score (nSPS) is 12.0. The van der Waals surface area contributed by atoms with Crippen molar-refractivity contribution in [1.82, 2.24) is 19.1 Å². The van der Waals surface area contributed by atoms with Gasteiger partial charge in [0.15, 0.2) is 5.96 Å². The average Bonchev–Trinajstić information content (AvgIpc) is 2.92. The van der Waals surface area contributed by atoms with Crippen LogP contribution >= 0.6 is 35.6 Å². The molecule has 1 aromatic heterocycles. The SMILES string of the molecule is CN=C(NCc1ccc(S(=O)(=O)N(C)C)cc1)N(C)Cc1cc(Cl)cn1C.I. The smallest absolute Gasteiger partial charge is 0.242 e. The van der Waals surface area contributed by atoms with Crippen LogP contribution in [0.3, 0.4) is 0 Å². The molecule has 0 atom stereocenters. The molecule has 1 aromatic carbocycles. The first kappa shape index (κ1) is 24.7. The van der Waals surface area contributed by atoms with Crippen LogP contribution < -0.4 is 5.32 Å². The second-order valence-corrected chi connectivity index (χ2v) is 9.04. The van der Waals surface area contributed by atoms with E-state index in [1.54, 1.807) is 31.3 Å². The molecule has 0 bridgehead atoms. The number of aryl methyl sites for hydroxylation is 1. The summed E-state index contributed by atoms with van der Waals surface area (Å²) in [5.41, 5.74) is 2.04. The number of rotatable bonds is 6. The maximum atomic E-state index is 12.1. The Balaban J connectivity index is 0.00000392. The van der Waals surface area contributed by atoms with E-state index >= 15 is 0 Å². The highest BCUT2D eigenvalue weighted by Crippen LogP contribution is 2.15. The molecule has 0 radical (unpaired) electrons. The third-order valence-electron chi connectivity index (χ3n) is 4.20. The molecule has 0 aliphatic heterocycles. The minimum Gasteiger partial charge on any atom is -0.352 e. The Morgan fingerprint density at radius 3 is 2.29 bits per heavy atom. The Morgan fingerprint density at radius 2 is 1.82 bits per heavy atom. The van der Waals surface area contributed by atoms with E-state index in [1.807, 2.05) is 35.8 Å². The molecule has 28 heavy (non-hydrogen) atoms. The van der Waals surface area contributed by atoms with Crippen molar-refractivity contribution < 1.29 is 8.42 Å². The largest absolute Gasteiger partial charge is 0.352 e. The fraction of sp³-hybridized carbons (Fsp3) is 0.389. The number of benzene rings is 1. The van der Waals surface area contributed by atoms with Crippen molar-refractivity contribution in [3.63, 3.8) is 0 Å². The van der Waals surface area contributed by atoms with Gasteiger partial charge in [-0.1, -0.05) is 23.7 Å². The zero-order chi connectivity index (χ0) is 20.2. The Hall–Kier alpha value is -1.30. The second-order valence-electron chi connectivity index (χ2n) is 6.45. The van der Waals surface area contributed by atoms with Crippen LogP contribution in [0.4, 0.5) is 0 Å². The second kappa shape index (κ2) is 10.5. The van der Waals surface area contributed by atoms with E-state index in [1.165, 1.54) is 18.4 Å². The molecule has 0 spiro atoms. The van der Waals surface area contributed by atoms with Gasteiger partial charge in [-0.3, -0.25) is 4.99 Å². The lowest BCUT2D eigenvalue weighted by molar-refractivity contribution is 0.461. The fourth-order valence-electron chi connectivity index (χ4n) is 2.60. The van der Waals surface area contributed by atoms with Crippen LogP contribution in [0.1, 0.15) is 11.3 Å². The number of sulfonamides is 1. The predicted molar refractivity (Wildman–Crippen MR) is 125 cm³/mol. The van der Waals surface area contributed by atoms with Crippen LogP contribution in [0, 0.1) is 0 Å². The molecule has 7 nitrogen and oxygen atoms in total. The molecule has 156 valence electrons. The van der Waals surface area contributed by atoms with Crippen LogP contribution in [0.2, 0.25) is 5.02 Å². The summed E-state index contributed by atoms with van der Waals surface area (Å²) in [4.78, 5) is 6.58. The summed E-state index contributed by atoms with van der Waals surface area (Å²) in [6, 6.07) is 8.76. The molecule has 0 amide bonds. The first-order chi connectivity index (χ1) is 12.6. The number of aromatic nitrogens is 1. The maximum Gasteiger partial charge on any atom is 0.242 e. The van der Waals surface area contributed by atoms with Gasteiger partial charge in [0.2, 0.25) is 10.0 Å². The lowest BCUT2D eigenvalue weighted by Gasteiger charge is -2.22. The van der Waals surface area contributed by atoms with Crippen molar-refractivity contribution >= 4 is 51.6 Å². The number of halogens is 2. The van der Waals surface area contributed by atoms with Crippen LogP contribution in [0.15, 0.2) is 46.4 Å². The molecule has 0 aliphatic carbocycles. The Morgan fingerprint density at radius 1 is 1.21 bits per heavy atom. The van der Waals surface area contributed by atoms with Gasteiger partial charge >= 0.3 is 0 Å². The van der Waals surface area contributed by atoms with E-state index in [-0.39, 0.29) is 28.9 Å². The molecular weight excluding hydrogens is 513 g/mol. The van der Waals surface area contributed by atoms with E-state index in [4.69, 9.17) is 11.6 Å². The summed E-state index contributed by atoms with van der Waals surface area (Å²) in [6.07, 6.45) is 1.87. The maximum absolute atomic E-state index is 12.1. The summed E-state index contributed by atoms with van der Waals surface area (Å²) in [7, 11) is 5.25. The first-order valence-electron chi connectivity index (χ1n) is 8.39. The van der Waals surface area contributed by atoms with Gasteiger partial charge in [0.05, 0.1) is 16.5 Å². The summed E-state index contributed by atoms with van der Waals surface area (Å²) >= 11 is 6.04. The van der Waals surface area contributed by atoms with Gasteiger partial charge in [-0.25, -0.2) is 12.7 Å².